The van der Waals surface area contributed by atoms with Gasteiger partial charge < -0.3 is 14.8 Å². The second kappa shape index (κ2) is 11.2. The van der Waals surface area contributed by atoms with Crippen LogP contribution in [0.5, 0.6) is 0 Å². The third-order valence-electron chi connectivity index (χ3n) is 5.03. The Kier molecular flexibility index (Phi) is 8.70. The molecule has 0 unspecified atom stereocenters. The SMILES string of the molecule is COC(=O)[C@@H](NC(=O)C(NC(=O)OCc1ccccc1)=C(C)C)C1CCCCC1. The van der Waals surface area contributed by atoms with Crippen molar-refractivity contribution in [1.82, 2.24) is 10.6 Å². The van der Waals surface area contributed by atoms with Crippen LogP contribution >= 0.6 is 0 Å². The van der Waals surface area contributed by atoms with Crippen LogP contribution < -0.4 is 10.6 Å². The highest BCUT2D eigenvalue weighted by atomic mass is 16.5. The van der Waals surface area contributed by atoms with Crippen LogP contribution in [0, 0.1) is 5.92 Å². The summed E-state index contributed by atoms with van der Waals surface area (Å²) < 4.78 is 10.1. The van der Waals surface area contributed by atoms with Crippen molar-refractivity contribution in [2.24, 2.45) is 5.92 Å². The van der Waals surface area contributed by atoms with Crippen LogP contribution in [0.4, 0.5) is 4.79 Å². The Morgan fingerprint density at radius 3 is 2.31 bits per heavy atom. The first kappa shape index (κ1) is 22.5. The summed E-state index contributed by atoms with van der Waals surface area (Å²) in [6.45, 7) is 3.51. The lowest BCUT2D eigenvalue weighted by molar-refractivity contribution is -0.146. The smallest absolute Gasteiger partial charge is 0.412 e. The van der Waals surface area contributed by atoms with Crippen molar-refractivity contribution in [2.45, 2.75) is 58.6 Å². The van der Waals surface area contributed by atoms with Gasteiger partial charge in [-0.3, -0.25) is 10.1 Å². The molecule has 7 nitrogen and oxygen atoms in total. The molecule has 7 heteroatoms. The molecular weight excluding hydrogens is 372 g/mol. The molecule has 1 aromatic rings. The van der Waals surface area contributed by atoms with Crippen molar-refractivity contribution in [3.05, 3.63) is 47.2 Å². The topological polar surface area (TPSA) is 93.7 Å². The maximum absolute atomic E-state index is 12.8. The van der Waals surface area contributed by atoms with Crippen molar-refractivity contribution in [3.63, 3.8) is 0 Å². The predicted octanol–water partition coefficient (Wildman–Crippen LogP) is 3.44. The fourth-order valence-electron chi connectivity index (χ4n) is 3.45. The van der Waals surface area contributed by atoms with E-state index >= 15 is 0 Å². The Bertz CT molecular complexity index is 735. The van der Waals surface area contributed by atoms with E-state index < -0.39 is 24.0 Å². The molecule has 0 heterocycles. The monoisotopic (exact) mass is 402 g/mol. The quantitative estimate of drug-likeness (QED) is 0.538. The summed E-state index contributed by atoms with van der Waals surface area (Å²) in [6.07, 6.45) is 4.16. The van der Waals surface area contributed by atoms with Crippen LogP contribution in [-0.4, -0.2) is 31.1 Å². The highest BCUT2D eigenvalue weighted by Crippen LogP contribution is 2.27. The number of ether oxygens (including phenoxy) is 2. The van der Waals surface area contributed by atoms with Crippen LogP contribution in [0.3, 0.4) is 0 Å². The highest BCUT2D eigenvalue weighted by molar-refractivity contribution is 5.99. The zero-order valence-electron chi connectivity index (χ0n) is 17.3. The summed E-state index contributed by atoms with van der Waals surface area (Å²) in [7, 11) is 1.31. The molecule has 0 radical (unpaired) electrons. The van der Waals surface area contributed by atoms with Crippen molar-refractivity contribution in [1.29, 1.82) is 0 Å². The Morgan fingerprint density at radius 2 is 1.72 bits per heavy atom. The van der Waals surface area contributed by atoms with E-state index in [1.54, 1.807) is 13.8 Å². The van der Waals surface area contributed by atoms with Gasteiger partial charge in [-0.25, -0.2) is 9.59 Å². The largest absolute Gasteiger partial charge is 0.467 e. The van der Waals surface area contributed by atoms with E-state index in [1.807, 2.05) is 30.3 Å². The molecule has 2 amide bonds. The lowest BCUT2D eigenvalue weighted by Crippen LogP contribution is -2.49. The second-order valence-electron chi connectivity index (χ2n) is 7.43. The molecule has 0 aliphatic heterocycles. The van der Waals surface area contributed by atoms with E-state index in [0.29, 0.717) is 5.57 Å². The highest BCUT2D eigenvalue weighted by Gasteiger charge is 2.32. The number of amides is 2. The number of methoxy groups -OCH3 is 1. The zero-order valence-corrected chi connectivity index (χ0v) is 17.3. The van der Waals surface area contributed by atoms with E-state index in [0.717, 1.165) is 37.7 Å². The van der Waals surface area contributed by atoms with Gasteiger partial charge in [-0.05, 0) is 43.7 Å². The summed E-state index contributed by atoms with van der Waals surface area (Å²) in [5.74, 6) is -0.962. The third kappa shape index (κ3) is 6.93. The number of alkyl carbamates (subject to hydrolysis) is 1. The number of hydrogen-bond donors (Lipinski definition) is 2. The first-order valence-corrected chi connectivity index (χ1v) is 9.96. The Labute approximate surface area is 171 Å². The number of nitrogens with one attached hydrogen (secondary N) is 2. The molecular formula is C22H30N2O5. The van der Waals surface area contributed by atoms with Crippen molar-refractivity contribution in [2.75, 3.05) is 7.11 Å². The van der Waals surface area contributed by atoms with Gasteiger partial charge in [-0.1, -0.05) is 49.6 Å². The number of carbonyl (C=O) groups is 3. The molecule has 2 rings (SSSR count). The number of allylic oxidation sites excluding steroid dienone is 1. The summed E-state index contributed by atoms with van der Waals surface area (Å²) >= 11 is 0. The lowest BCUT2D eigenvalue weighted by atomic mass is 9.84. The molecule has 0 aromatic heterocycles. The van der Waals surface area contributed by atoms with Gasteiger partial charge in [0.15, 0.2) is 0 Å². The van der Waals surface area contributed by atoms with Crippen molar-refractivity contribution in [3.8, 4) is 0 Å². The van der Waals surface area contributed by atoms with Gasteiger partial charge in [0, 0.05) is 0 Å². The standard InChI is InChI=1S/C22H30N2O5/c1-15(2)18(24-22(27)29-14-16-10-6-4-7-11-16)20(25)23-19(21(26)28-3)17-12-8-5-9-13-17/h4,6-7,10-11,17,19H,5,8-9,12-14H2,1-3H3,(H,23,25)(H,24,27)/t19-/m0/s1. The minimum Gasteiger partial charge on any atom is -0.467 e. The van der Waals surface area contributed by atoms with Gasteiger partial charge in [0.25, 0.3) is 5.91 Å². The van der Waals surface area contributed by atoms with Gasteiger partial charge in [0.05, 0.1) is 7.11 Å². The van der Waals surface area contributed by atoms with Crippen LogP contribution in [0.15, 0.2) is 41.6 Å². The molecule has 1 saturated carbocycles. The molecule has 2 N–H and O–H groups in total. The van der Waals surface area contributed by atoms with Gasteiger partial charge >= 0.3 is 12.1 Å². The maximum atomic E-state index is 12.8. The summed E-state index contributed by atoms with van der Waals surface area (Å²) in [5, 5.41) is 5.26. The zero-order chi connectivity index (χ0) is 21.2. The minimum atomic E-state index is -0.732. The fourth-order valence-corrected chi connectivity index (χ4v) is 3.45. The van der Waals surface area contributed by atoms with Crippen molar-refractivity contribution < 1.29 is 23.9 Å². The first-order valence-electron chi connectivity index (χ1n) is 9.96. The number of benzene rings is 1. The van der Waals surface area contributed by atoms with Crippen LogP contribution in [0.2, 0.25) is 0 Å². The van der Waals surface area contributed by atoms with E-state index in [2.05, 4.69) is 10.6 Å². The van der Waals surface area contributed by atoms with Crippen LogP contribution in [-0.2, 0) is 25.7 Å². The number of carbonyl (C=O) groups excluding carboxylic acids is 3. The average molecular weight is 402 g/mol. The average Bonchev–Trinajstić information content (AvgIpc) is 2.74. The summed E-state index contributed by atoms with van der Waals surface area (Å²) in [6, 6.07) is 8.52. The molecule has 0 spiro atoms. The normalized spacial score (nSPS) is 15.0. The maximum Gasteiger partial charge on any atom is 0.412 e. The molecule has 1 fully saturated rings. The number of rotatable bonds is 7. The molecule has 1 atom stereocenters. The molecule has 158 valence electrons. The third-order valence-corrected chi connectivity index (χ3v) is 5.03. The van der Waals surface area contributed by atoms with Gasteiger partial charge in [-0.15, -0.1) is 0 Å². The predicted molar refractivity (Wildman–Crippen MR) is 109 cm³/mol. The fraction of sp³-hybridized carbons (Fsp3) is 0.500. The van der Waals surface area contributed by atoms with Crippen LogP contribution in [0.1, 0.15) is 51.5 Å². The van der Waals surface area contributed by atoms with E-state index in [4.69, 9.17) is 9.47 Å². The van der Waals surface area contributed by atoms with Gasteiger partial charge in [-0.2, -0.15) is 0 Å². The minimum absolute atomic E-state index is 0.0311. The Morgan fingerprint density at radius 1 is 1.07 bits per heavy atom. The Balaban J connectivity index is 2.00. The van der Waals surface area contributed by atoms with Crippen molar-refractivity contribution >= 4 is 18.0 Å². The number of hydrogen-bond acceptors (Lipinski definition) is 5. The van der Waals surface area contributed by atoms with Gasteiger partial charge in [0.1, 0.15) is 18.3 Å². The van der Waals surface area contributed by atoms with Gasteiger partial charge in [0.2, 0.25) is 0 Å². The van der Waals surface area contributed by atoms with Crippen LogP contribution in [0.25, 0.3) is 0 Å². The van der Waals surface area contributed by atoms with E-state index in [-0.39, 0.29) is 18.2 Å². The molecule has 1 aliphatic carbocycles. The summed E-state index contributed by atoms with van der Waals surface area (Å²) in [5.41, 5.74) is 1.52. The molecule has 0 bridgehead atoms. The van der Waals surface area contributed by atoms with E-state index in [9.17, 15) is 14.4 Å². The lowest BCUT2D eigenvalue weighted by Gasteiger charge is -2.29. The number of esters is 1. The van der Waals surface area contributed by atoms with E-state index in [1.165, 1.54) is 7.11 Å². The molecule has 1 aliphatic rings. The molecule has 1 aromatic carbocycles. The molecule has 0 saturated heterocycles. The second-order valence-corrected chi connectivity index (χ2v) is 7.43. The Hall–Kier alpha value is -2.83. The molecule has 29 heavy (non-hydrogen) atoms. The first-order chi connectivity index (χ1) is 13.9. The summed E-state index contributed by atoms with van der Waals surface area (Å²) in [4.78, 5) is 37.3.